The number of hydrogen-bond donors (Lipinski definition) is 2. The van der Waals surface area contributed by atoms with Gasteiger partial charge < -0.3 is 25.1 Å². The zero-order chi connectivity index (χ0) is 19.0. The summed E-state index contributed by atoms with van der Waals surface area (Å²) in [4.78, 5) is 42.8. The second-order valence-electron chi connectivity index (χ2n) is 5.55. The van der Waals surface area contributed by atoms with Crippen molar-refractivity contribution in [2.45, 2.75) is 45.8 Å². The van der Waals surface area contributed by atoms with Crippen molar-refractivity contribution in [3.05, 3.63) is 15.9 Å². The number of hydrogen-bond acceptors (Lipinski definition) is 11. The molecule has 2 unspecified atom stereocenters. The van der Waals surface area contributed by atoms with E-state index >= 15 is 0 Å². The minimum atomic E-state index is -1.16. The van der Waals surface area contributed by atoms with Gasteiger partial charge in [-0.3, -0.25) is 19.0 Å². The lowest BCUT2D eigenvalue weighted by molar-refractivity contribution is -0.165. The molecule has 3 heterocycles. The van der Waals surface area contributed by atoms with Crippen LogP contribution in [-0.4, -0.2) is 56.5 Å². The maximum absolute atomic E-state index is 12.5. The minimum Gasteiger partial charge on any atom is -0.456 e. The average molecular weight is 400 g/mol. The number of nitrogen functional groups attached to an aromatic ring is 1. The van der Waals surface area contributed by atoms with E-state index in [-0.39, 0.29) is 19.0 Å². The molecule has 1 aliphatic rings. The van der Waals surface area contributed by atoms with Crippen LogP contribution in [0.25, 0.3) is 10.3 Å². The topological polar surface area (TPSA) is 156 Å². The highest BCUT2D eigenvalue weighted by Crippen LogP contribution is 2.35. The van der Waals surface area contributed by atoms with Gasteiger partial charge in [0.25, 0.3) is 0 Å². The molecule has 0 aromatic carbocycles. The molecule has 0 aliphatic carbocycles. The molecule has 1 saturated heterocycles. The van der Waals surface area contributed by atoms with E-state index < -0.39 is 48.0 Å². The Morgan fingerprint density at radius 3 is 2.56 bits per heavy atom. The Labute approximate surface area is 157 Å². The third kappa shape index (κ3) is 3.91. The van der Waals surface area contributed by atoms with Crippen LogP contribution in [-0.2, 0) is 23.8 Å². The number of nitrogens with two attached hydrogens (primary N) is 1. The third-order valence-electron chi connectivity index (χ3n) is 3.70. The second kappa shape index (κ2) is 7.98. The molecule has 1 fully saturated rings. The standard InChI is InChI=1S/C14H16N4O7S.CH4/c1-5(20)23-9-7(4-19)25-12(10(9)24-6(2)21)18-11-8(26-14(18)22)3-16-13(15)17-11;/h3,7,9-10,12,19H,4H2,1-2H3,(H2,15,16,17);1H4/t7-,9?,10?,12-;/m1./s1. The van der Waals surface area contributed by atoms with Crippen LogP contribution in [0.15, 0.2) is 11.0 Å². The highest BCUT2D eigenvalue weighted by Gasteiger charge is 2.50. The number of fused-ring (bicyclic) bond motifs is 1. The first-order chi connectivity index (χ1) is 12.3. The lowest BCUT2D eigenvalue weighted by Gasteiger charge is -2.23. The Bertz CT molecular complexity index is 911. The van der Waals surface area contributed by atoms with Crippen LogP contribution in [0.1, 0.15) is 27.5 Å². The Balaban J connectivity index is 0.00000261. The van der Waals surface area contributed by atoms with Gasteiger partial charge in [-0.05, 0) is 0 Å². The molecule has 1 aliphatic heterocycles. The van der Waals surface area contributed by atoms with E-state index in [4.69, 9.17) is 19.9 Å². The summed E-state index contributed by atoms with van der Waals surface area (Å²) >= 11 is 0.855. The largest absolute Gasteiger partial charge is 0.456 e. The predicted molar refractivity (Wildman–Crippen MR) is 94.9 cm³/mol. The van der Waals surface area contributed by atoms with Gasteiger partial charge in [0.05, 0.1) is 17.5 Å². The van der Waals surface area contributed by atoms with E-state index in [1.165, 1.54) is 20.0 Å². The molecule has 0 amide bonds. The zero-order valence-electron chi connectivity index (χ0n) is 13.8. The number of aliphatic hydroxyl groups is 1. The lowest BCUT2D eigenvalue weighted by atomic mass is 10.1. The van der Waals surface area contributed by atoms with E-state index in [2.05, 4.69) is 9.97 Å². The van der Waals surface area contributed by atoms with Crippen LogP contribution < -0.4 is 10.6 Å². The Hall–Kier alpha value is -2.57. The van der Waals surface area contributed by atoms with Gasteiger partial charge in [0, 0.05) is 13.8 Å². The third-order valence-corrected chi connectivity index (χ3v) is 4.58. The van der Waals surface area contributed by atoms with Crippen molar-refractivity contribution in [1.82, 2.24) is 14.5 Å². The molecule has 2 aromatic rings. The molecular formula is C15H20N4O7S. The van der Waals surface area contributed by atoms with E-state index in [1.807, 2.05) is 0 Å². The van der Waals surface area contributed by atoms with Crippen molar-refractivity contribution in [2.24, 2.45) is 0 Å². The number of thiazole rings is 1. The first-order valence-electron chi connectivity index (χ1n) is 7.56. The molecule has 0 saturated carbocycles. The molecule has 4 atom stereocenters. The molecule has 12 heteroatoms. The normalized spacial score (nSPS) is 24.4. The van der Waals surface area contributed by atoms with E-state index in [9.17, 15) is 19.5 Å². The van der Waals surface area contributed by atoms with Gasteiger partial charge in [0.15, 0.2) is 24.1 Å². The van der Waals surface area contributed by atoms with Crippen LogP contribution >= 0.6 is 11.3 Å². The van der Waals surface area contributed by atoms with Crippen molar-refractivity contribution in [3.63, 3.8) is 0 Å². The highest BCUT2D eigenvalue weighted by atomic mass is 32.1. The SMILES string of the molecule is C.CC(=O)OC1C(OC(C)=O)[C@@H](CO)O[C@H]1n1c(=O)sc2cnc(N)nc21. The predicted octanol–water partition coefficient (Wildman–Crippen LogP) is -0.176. The van der Waals surface area contributed by atoms with Gasteiger partial charge in [-0.1, -0.05) is 18.8 Å². The molecule has 3 rings (SSSR count). The highest BCUT2D eigenvalue weighted by molar-refractivity contribution is 7.16. The first-order valence-corrected chi connectivity index (χ1v) is 8.37. The Kier molecular flexibility index (Phi) is 6.13. The van der Waals surface area contributed by atoms with Gasteiger partial charge in [0.1, 0.15) is 6.10 Å². The van der Waals surface area contributed by atoms with E-state index in [0.29, 0.717) is 4.70 Å². The molecule has 148 valence electrons. The zero-order valence-corrected chi connectivity index (χ0v) is 14.6. The molecule has 0 radical (unpaired) electrons. The second-order valence-corrected chi connectivity index (χ2v) is 6.54. The summed E-state index contributed by atoms with van der Waals surface area (Å²) in [6.07, 6.45) is -3.00. The fourth-order valence-electron chi connectivity index (χ4n) is 2.79. The average Bonchev–Trinajstić information content (AvgIpc) is 3.03. The maximum Gasteiger partial charge on any atom is 0.311 e. The van der Waals surface area contributed by atoms with Crippen LogP contribution in [0, 0.1) is 0 Å². The fraction of sp³-hybridized carbons (Fsp3) is 0.533. The van der Waals surface area contributed by atoms with Gasteiger partial charge in [-0.2, -0.15) is 4.98 Å². The minimum absolute atomic E-state index is 0. The number of ether oxygens (including phenoxy) is 3. The number of esters is 2. The summed E-state index contributed by atoms with van der Waals surface area (Å²) in [7, 11) is 0. The summed E-state index contributed by atoms with van der Waals surface area (Å²) in [6, 6.07) is 0. The van der Waals surface area contributed by atoms with Crippen LogP contribution in [0.5, 0.6) is 0 Å². The molecule has 2 aromatic heterocycles. The number of nitrogens with zero attached hydrogens (tertiary/aromatic N) is 3. The van der Waals surface area contributed by atoms with Gasteiger partial charge in [-0.15, -0.1) is 0 Å². The summed E-state index contributed by atoms with van der Waals surface area (Å²) in [5.41, 5.74) is 5.78. The Morgan fingerprint density at radius 1 is 1.33 bits per heavy atom. The van der Waals surface area contributed by atoms with Crippen molar-refractivity contribution in [3.8, 4) is 0 Å². The molecule has 3 N–H and O–H groups in total. The lowest BCUT2D eigenvalue weighted by Crippen LogP contribution is -2.40. The first kappa shape index (κ1) is 20.7. The van der Waals surface area contributed by atoms with Gasteiger partial charge >= 0.3 is 16.8 Å². The summed E-state index contributed by atoms with van der Waals surface area (Å²) < 4.78 is 17.7. The number of carbonyl (C=O) groups excluding carboxylic acids is 2. The van der Waals surface area contributed by atoms with Crippen molar-refractivity contribution < 1.29 is 28.9 Å². The fourth-order valence-corrected chi connectivity index (χ4v) is 3.61. The molecule has 27 heavy (non-hydrogen) atoms. The van der Waals surface area contributed by atoms with Crippen molar-refractivity contribution in [2.75, 3.05) is 12.3 Å². The summed E-state index contributed by atoms with van der Waals surface area (Å²) in [5.74, 6) is -1.37. The summed E-state index contributed by atoms with van der Waals surface area (Å²) in [5, 5.41) is 9.56. The molecule has 0 bridgehead atoms. The van der Waals surface area contributed by atoms with Gasteiger partial charge in [0.2, 0.25) is 5.95 Å². The van der Waals surface area contributed by atoms with Crippen molar-refractivity contribution in [1.29, 1.82) is 0 Å². The van der Waals surface area contributed by atoms with Crippen molar-refractivity contribution >= 4 is 39.6 Å². The number of rotatable bonds is 4. The Morgan fingerprint density at radius 2 is 1.96 bits per heavy atom. The smallest absolute Gasteiger partial charge is 0.311 e. The quantitative estimate of drug-likeness (QED) is 0.660. The maximum atomic E-state index is 12.5. The number of aliphatic hydroxyl groups excluding tert-OH is 1. The monoisotopic (exact) mass is 400 g/mol. The van der Waals surface area contributed by atoms with Crippen LogP contribution in [0.3, 0.4) is 0 Å². The number of carbonyl (C=O) groups is 2. The number of aromatic nitrogens is 3. The molecule has 11 nitrogen and oxygen atoms in total. The summed E-state index contributed by atoms with van der Waals surface area (Å²) in [6.45, 7) is 1.83. The molecule has 0 spiro atoms. The molecular weight excluding hydrogens is 380 g/mol. The van der Waals surface area contributed by atoms with Gasteiger partial charge in [-0.25, -0.2) is 4.98 Å². The van der Waals surface area contributed by atoms with E-state index in [0.717, 1.165) is 15.9 Å². The number of anilines is 1. The van der Waals surface area contributed by atoms with Crippen LogP contribution in [0.4, 0.5) is 5.95 Å². The van der Waals surface area contributed by atoms with Crippen LogP contribution in [0.2, 0.25) is 0 Å². The van der Waals surface area contributed by atoms with E-state index in [1.54, 1.807) is 0 Å².